The molecule has 3 heterocycles. The minimum Gasteiger partial charge on any atom is -0.335 e. The second-order valence-electron chi connectivity index (χ2n) is 3.74. The molecule has 6 nitrogen and oxygen atoms in total. The van der Waals surface area contributed by atoms with Gasteiger partial charge in [0.15, 0.2) is 4.96 Å². The Kier molecular flexibility index (Phi) is 2.32. The van der Waals surface area contributed by atoms with Gasteiger partial charge in [-0.3, -0.25) is 4.40 Å². The molecular weight excluding hydrogens is 238 g/mol. The number of nitrogens with zero attached hydrogens (tertiary/aromatic N) is 4. The zero-order valence-corrected chi connectivity index (χ0v) is 10.1. The van der Waals surface area contributed by atoms with E-state index in [1.807, 2.05) is 22.9 Å². The highest BCUT2D eigenvalue weighted by atomic mass is 32.1. The molecule has 1 N–H and O–H groups in total. The molecule has 2 amide bonds. The Bertz CT molecular complexity index is 599. The SMILES string of the molecule is Cc1nc2sccn2c1/C=N/N1CCNC1=O. The van der Waals surface area contributed by atoms with E-state index in [-0.39, 0.29) is 6.03 Å². The third-order valence-corrected chi connectivity index (χ3v) is 3.39. The van der Waals surface area contributed by atoms with E-state index < -0.39 is 0 Å². The second-order valence-corrected chi connectivity index (χ2v) is 4.61. The fourth-order valence-electron chi connectivity index (χ4n) is 1.76. The van der Waals surface area contributed by atoms with Crippen LogP contribution in [0.25, 0.3) is 4.96 Å². The number of thiazole rings is 1. The maximum atomic E-state index is 11.3. The number of hydrogen-bond acceptors (Lipinski definition) is 4. The van der Waals surface area contributed by atoms with Gasteiger partial charge in [-0.05, 0) is 6.92 Å². The lowest BCUT2D eigenvalue weighted by atomic mass is 10.4. The highest BCUT2D eigenvalue weighted by molar-refractivity contribution is 7.15. The Hall–Kier alpha value is -1.89. The minimum absolute atomic E-state index is 0.148. The van der Waals surface area contributed by atoms with Gasteiger partial charge in [0.05, 0.1) is 24.1 Å². The standard InChI is InChI=1S/C10H11N5OS/c1-7-8(14-4-5-17-10(14)13-7)6-12-15-3-2-11-9(15)16/h4-6H,2-3H2,1H3,(H,11,16)/b12-6+. The van der Waals surface area contributed by atoms with Crippen LogP contribution in [-0.4, -0.2) is 39.7 Å². The van der Waals surface area contributed by atoms with Crippen molar-refractivity contribution in [3.63, 3.8) is 0 Å². The van der Waals surface area contributed by atoms with Gasteiger partial charge in [0.25, 0.3) is 0 Å². The number of nitrogens with one attached hydrogen (secondary N) is 1. The quantitative estimate of drug-likeness (QED) is 0.809. The van der Waals surface area contributed by atoms with Crippen LogP contribution < -0.4 is 5.32 Å². The predicted octanol–water partition coefficient (Wildman–Crippen LogP) is 1.06. The van der Waals surface area contributed by atoms with Crippen molar-refractivity contribution in [2.45, 2.75) is 6.92 Å². The molecule has 3 rings (SSSR count). The van der Waals surface area contributed by atoms with Crippen molar-refractivity contribution in [1.29, 1.82) is 0 Å². The number of rotatable bonds is 2. The van der Waals surface area contributed by atoms with E-state index in [2.05, 4.69) is 15.4 Å². The average Bonchev–Trinajstić information content (AvgIpc) is 2.94. The number of imidazole rings is 1. The van der Waals surface area contributed by atoms with Crippen LogP contribution in [0.2, 0.25) is 0 Å². The molecule has 88 valence electrons. The maximum absolute atomic E-state index is 11.3. The summed E-state index contributed by atoms with van der Waals surface area (Å²) in [7, 11) is 0. The van der Waals surface area contributed by atoms with E-state index in [9.17, 15) is 4.79 Å². The van der Waals surface area contributed by atoms with Gasteiger partial charge in [-0.15, -0.1) is 11.3 Å². The van der Waals surface area contributed by atoms with Crippen molar-refractivity contribution in [2.24, 2.45) is 5.10 Å². The number of hydrogen-bond donors (Lipinski definition) is 1. The lowest BCUT2D eigenvalue weighted by Gasteiger charge is -2.04. The molecule has 1 saturated heterocycles. The topological polar surface area (TPSA) is 62.0 Å². The van der Waals surface area contributed by atoms with Crippen LogP contribution in [0.1, 0.15) is 11.4 Å². The zero-order valence-electron chi connectivity index (χ0n) is 9.25. The summed E-state index contributed by atoms with van der Waals surface area (Å²) in [5, 5.41) is 10.3. The van der Waals surface area contributed by atoms with Crippen molar-refractivity contribution < 1.29 is 4.79 Å². The lowest BCUT2D eigenvalue weighted by molar-refractivity contribution is 0.219. The van der Waals surface area contributed by atoms with Crippen LogP contribution in [0, 0.1) is 6.92 Å². The number of urea groups is 1. The molecule has 1 fully saturated rings. The van der Waals surface area contributed by atoms with Crippen molar-refractivity contribution in [3.8, 4) is 0 Å². The molecule has 0 bridgehead atoms. The Balaban J connectivity index is 1.93. The van der Waals surface area contributed by atoms with Gasteiger partial charge in [0.2, 0.25) is 0 Å². The van der Waals surface area contributed by atoms with Crippen molar-refractivity contribution in [3.05, 3.63) is 23.0 Å². The number of carbonyl (C=O) groups excluding carboxylic acids is 1. The Morgan fingerprint density at radius 3 is 3.29 bits per heavy atom. The molecule has 1 aliphatic rings. The summed E-state index contributed by atoms with van der Waals surface area (Å²) in [6, 6.07) is -0.148. The molecule has 0 aromatic carbocycles. The molecule has 0 radical (unpaired) electrons. The summed E-state index contributed by atoms with van der Waals surface area (Å²) in [5.41, 5.74) is 1.83. The van der Waals surface area contributed by atoms with E-state index in [4.69, 9.17) is 0 Å². The molecule has 17 heavy (non-hydrogen) atoms. The summed E-state index contributed by atoms with van der Waals surface area (Å²) in [4.78, 5) is 16.7. The molecular formula is C10H11N5OS. The first-order chi connectivity index (χ1) is 8.25. The van der Waals surface area contributed by atoms with Gasteiger partial charge in [0, 0.05) is 18.1 Å². The molecule has 7 heteroatoms. The molecule has 0 unspecified atom stereocenters. The van der Waals surface area contributed by atoms with Crippen LogP contribution in [0.5, 0.6) is 0 Å². The van der Waals surface area contributed by atoms with Gasteiger partial charge < -0.3 is 5.32 Å². The Labute approximate surface area is 102 Å². The van der Waals surface area contributed by atoms with Crippen molar-refractivity contribution in [2.75, 3.05) is 13.1 Å². The number of hydrazone groups is 1. The van der Waals surface area contributed by atoms with Crippen LogP contribution in [0.15, 0.2) is 16.7 Å². The highest BCUT2D eigenvalue weighted by Crippen LogP contribution is 2.15. The molecule has 0 aliphatic carbocycles. The summed E-state index contributed by atoms with van der Waals surface area (Å²) in [5.74, 6) is 0. The number of amides is 2. The van der Waals surface area contributed by atoms with Gasteiger partial charge in [0.1, 0.15) is 0 Å². The summed E-state index contributed by atoms with van der Waals surface area (Å²) >= 11 is 1.58. The van der Waals surface area contributed by atoms with E-state index >= 15 is 0 Å². The fourth-order valence-corrected chi connectivity index (χ4v) is 2.53. The van der Waals surface area contributed by atoms with Crippen LogP contribution >= 0.6 is 11.3 Å². The minimum atomic E-state index is -0.148. The first kappa shape index (κ1) is 10.3. The molecule has 1 aliphatic heterocycles. The predicted molar refractivity (Wildman–Crippen MR) is 65.5 cm³/mol. The molecule has 2 aromatic rings. The van der Waals surface area contributed by atoms with E-state index in [1.165, 1.54) is 5.01 Å². The first-order valence-electron chi connectivity index (χ1n) is 5.27. The van der Waals surface area contributed by atoms with Gasteiger partial charge in [-0.25, -0.2) is 14.8 Å². The smallest absolute Gasteiger partial charge is 0.335 e. The molecule has 0 atom stereocenters. The van der Waals surface area contributed by atoms with E-state index in [0.717, 1.165) is 16.3 Å². The van der Waals surface area contributed by atoms with E-state index in [0.29, 0.717) is 13.1 Å². The highest BCUT2D eigenvalue weighted by Gasteiger charge is 2.18. The second kappa shape index (κ2) is 3.85. The van der Waals surface area contributed by atoms with Gasteiger partial charge in [-0.2, -0.15) is 5.10 Å². The summed E-state index contributed by atoms with van der Waals surface area (Å²) in [6.07, 6.45) is 3.64. The fraction of sp³-hybridized carbons (Fsp3) is 0.300. The third-order valence-electron chi connectivity index (χ3n) is 2.64. The summed E-state index contributed by atoms with van der Waals surface area (Å²) in [6.45, 7) is 3.19. The molecule has 2 aromatic heterocycles. The lowest BCUT2D eigenvalue weighted by Crippen LogP contribution is -2.23. The average molecular weight is 249 g/mol. The normalized spacial score (nSPS) is 16.3. The van der Waals surface area contributed by atoms with Crippen molar-refractivity contribution >= 4 is 28.5 Å². The van der Waals surface area contributed by atoms with E-state index in [1.54, 1.807) is 17.6 Å². The van der Waals surface area contributed by atoms with Gasteiger partial charge >= 0.3 is 6.03 Å². The summed E-state index contributed by atoms with van der Waals surface area (Å²) < 4.78 is 1.97. The van der Waals surface area contributed by atoms with Crippen LogP contribution in [0.4, 0.5) is 4.79 Å². The largest absolute Gasteiger partial charge is 0.337 e. The number of carbonyl (C=O) groups is 1. The third kappa shape index (κ3) is 1.68. The monoisotopic (exact) mass is 249 g/mol. The number of fused-ring (bicyclic) bond motifs is 1. The number of aromatic nitrogens is 2. The molecule has 0 spiro atoms. The van der Waals surface area contributed by atoms with Gasteiger partial charge in [-0.1, -0.05) is 0 Å². The molecule has 0 saturated carbocycles. The maximum Gasteiger partial charge on any atom is 0.337 e. The van der Waals surface area contributed by atoms with Crippen LogP contribution in [-0.2, 0) is 0 Å². The zero-order chi connectivity index (χ0) is 11.8. The Morgan fingerprint density at radius 2 is 2.53 bits per heavy atom. The van der Waals surface area contributed by atoms with Crippen molar-refractivity contribution in [1.82, 2.24) is 19.7 Å². The number of aryl methyl sites for hydroxylation is 1. The van der Waals surface area contributed by atoms with Crippen LogP contribution in [0.3, 0.4) is 0 Å². The Morgan fingerprint density at radius 1 is 1.65 bits per heavy atom. The first-order valence-corrected chi connectivity index (χ1v) is 6.15.